The number of Topliss-reactive ketones (excluding diaryl/α,β-unsaturated/α-hetero) is 1. The van der Waals surface area contributed by atoms with E-state index in [0.717, 1.165) is 10.1 Å². The molecule has 2 heterocycles. The van der Waals surface area contributed by atoms with Gasteiger partial charge in [0.25, 0.3) is 0 Å². The third-order valence-corrected chi connectivity index (χ3v) is 11.1. The number of nitrogens with zero attached hydrogens (tertiary/aromatic N) is 3. The average molecular weight is 764 g/mol. The second-order valence-corrected chi connectivity index (χ2v) is 13.7. The minimum absolute atomic E-state index is 0.0375. The van der Waals surface area contributed by atoms with Gasteiger partial charge < -0.3 is 9.84 Å². The number of hydrogen-bond donors (Lipinski definition) is 1. The molecule has 0 saturated heterocycles. The van der Waals surface area contributed by atoms with E-state index in [2.05, 4.69) is 0 Å². The summed E-state index contributed by atoms with van der Waals surface area (Å²) in [5.74, 6) is -1.94. The molecule has 8 rings (SSSR count). The van der Waals surface area contributed by atoms with Crippen LogP contribution in [0.2, 0.25) is 0 Å². The zero-order chi connectivity index (χ0) is 34.0. The number of rotatable bonds is 5. The number of aromatic nitrogens is 3. The number of carbonyl (C=O) groups excluding carboxylic acids is 2. The van der Waals surface area contributed by atoms with Crippen molar-refractivity contribution in [3.05, 3.63) is 162 Å². The predicted octanol–water partition coefficient (Wildman–Crippen LogP) is 5.58. The van der Waals surface area contributed by atoms with Crippen molar-refractivity contribution >= 4 is 39.7 Å². The van der Waals surface area contributed by atoms with Crippen molar-refractivity contribution in [1.29, 1.82) is 0 Å². The summed E-state index contributed by atoms with van der Waals surface area (Å²) in [5.41, 5.74) is 1.03. The topological polar surface area (TPSA) is 113 Å². The molecule has 4 atom stereocenters. The highest BCUT2D eigenvalue weighted by Crippen LogP contribution is 2.61. The van der Waals surface area contributed by atoms with Crippen LogP contribution in [0.1, 0.15) is 35.1 Å². The standard InChI is InChI=1S/C39H30IN3O6/c1-49-32-20-24(19-30(40)36(32)46)34-27-17-18-41-37(47)42(26-15-9-4-10-16-26)38(48)43(41)31(27)22-29-35(45)28(23-11-5-2-6-12-23)21-33(44)39(29,34)25-13-7-3-8-14-25/h2-17,19-21,29,31,34,46H,18,22H2,1H3. The van der Waals surface area contributed by atoms with Crippen LogP contribution in [0.4, 0.5) is 0 Å². The number of allylic oxidation sites excluding steroid dienone is 4. The Bertz CT molecular complexity index is 2340. The zero-order valence-electron chi connectivity index (χ0n) is 26.3. The number of aromatic hydroxyl groups is 1. The second kappa shape index (κ2) is 11.7. The van der Waals surface area contributed by atoms with E-state index >= 15 is 9.59 Å². The molecule has 4 aromatic carbocycles. The molecule has 3 aliphatic rings. The van der Waals surface area contributed by atoms with E-state index in [-0.39, 0.29) is 36.0 Å². The minimum atomic E-state index is -1.40. The van der Waals surface area contributed by atoms with Gasteiger partial charge in [-0.15, -0.1) is 0 Å². The Hall–Kier alpha value is -5.23. The number of phenols is 1. The Kier molecular flexibility index (Phi) is 7.43. The van der Waals surface area contributed by atoms with Gasteiger partial charge in [0.15, 0.2) is 23.1 Å². The Morgan fingerprint density at radius 1 is 0.857 bits per heavy atom. The number of methoxy groups -OCH3 is 1. The maximum Gasteiger partial charge on any atom is 0.352 e. The van der Waals surface area contributed by atoms with E-state index in [0.29, 0.717) is 31.5 Å². The molecule has 1 N–H and O–H groups in total. The molecule has 0 amide bonds. The summed E-state index contributed by atoms with van der Waals surface area (Å²) in [7, 11) is 1.46. The van der Waals surface area contributed by atoms with Gasteiger partial charge in [-0.05, 0) is 81.6 Å². The van der Waals surface area contributed by atoms with Crippen molar-refractivity contribution in [3.63, 3.8) is 0 Å². The van der Waals surface area contributed by atoms with Crippen LogP contribution in [0.15, 0.2) is 130 Å². The van der Waals surface area contributed by atoms with Crippen molar-refractivity contribution in [2.24, 2.45) is 5.92 Å². The van der Waals surface area contributed by atoms with Crippen LogP contribution in [0.5, 0.6) is 11.5 Å². The SMILES string of the molecule is COc1cc(C2C3=CCn4c(=O)n(-c5ccccc5)c(=O)n4C3CC3C(=O)C(c4ccccc4)=CC(=O)C32c2ccccc2)cc(I)c1O. The largest absolute Gasteiger partial charge is 0.504 e. The number of ether oxygens (including phenoxy) is 1. The fourth-order valence-corrected chi connectivity index (χ4v) is 8.85. The first-order chi connectivity index (χ1) is 23.8. The zero-order valence-corrected chi connectivity index (χ0v) is 28.5. The smallest absolute Gasteiger partial charge is 0.352 e. The molecule has 1 aliphatic heterocycles. The van der Waals surface area contributed by atoms with Crippen molar-refractivity contribution in [1.82, 2.24) is 13.9 Å². The van der Waals surface area contributed by atoms with Gasteiger partial charge in [0.1, 0.15) is 0 Å². The molecule has 9 nitrogen and oxygen atoms in total. The molecule has 49 heavy (non-hydrogen) atoms. The molecule has 0 spiro atoms. The van der Waals surface area contributed by atoms with Gasteiger partial charge >= 0.3 is 11.4 Å². The van der Waals surface area contributed by atoms with Gasteiger partial charge in [0, 0.05) is 17.4 Å². The molecule has 10 heteroatoms. The average Bonchev–Trinajstić information content (AvgIpc) is 3.40. The Labute approximate surface area is 294 Å². The van der Waals surface area contributed by atoms with Crippen molar-refractivity contribution in [2.75, 3.05) is 7.11 Å². The summed E-state index contributed by atoms with van der Waals surface area (Å²) in [4.78, 5) is 58.3. The van der Waals surface area contributed by atoms with Crippen molar-refractivity contribution in [2.45, 2.75) is 30.3 Å². The molecule has 1 fully saturated rings. The van der Waals surface area contributed by atoms with E-state index in [1.54, 1.807) is 30.3 Å². The summed E-state index contributed by atoms with van der Waals surface area (Å²) >= 11 is 2.03. The normalized spacial score (nSPS) is 22.8. The highest BCUT2D eigenvalue weighted by Gasteiger charge is 2.63. The molecule has 0 radical (unpaired) electrons. The number of carbonyl (C=O) groups is 2. The van der Waals surface area contributed by atoms with Crippen LogP contribution in [-0.2, 0) is 21.5 Å². The second-order valence-electron chi connectivity index (χ2n) is 12.5. The van der Waals surface area contributed by atoms with E-state index in [1.807, 2.05) is 101 Å². The van der Waals surface area contributed by atoms with Gasteiger partial charge in [-0.25, -0.2) is 23.5 Å². The molecule has 2 aliphatic carbocycles. The summed E-state index contributed by atoms with van der Waals surface area (Å²) in [6.45, 7) is 0.0886. The first-order valence-corrected chi connectivity index (χ1v) is 17.0. The molecular formula is C39H30IN3O6. The molecule has 1 saturated carbocycles. The molecule has 1 aromatic heterocycles. The fourth-order valence-electron chi connectivity index (χ4n) is 8.23. The van der Waals surface area contributed by atoms with Crippen molar-refractivity contribution in [3.8, 4) is 17.2 Å². The van der Waals surface area contributed by atoms with Crippen molar-refractivity contribution < 1.29 is 19.4 Å². The van der Waals surface area contributed by atoms with Gasteiger partial charge in [-0.3, -0.25) is 9.59 Å². The number of hydrogen-bond acceptors (Lipinski definition) is 6. The van der Waals surface area contributed by atoms with Gasteiger partial charge in [-0.1, -0.05) is 84.9 Å². The lowest BCUT2D eigenvalue weighted by Gasteiger charge is -2.54. The molecular weight excluding hydrogens is 733 g/mol. The summed E-state index contributed by atoms with van der Waals surface area (Å²) in [6, 6.07) is 30.0. The van der Waals surface area contributed by atoms with Crippen LogP contribution < -0.4 is 16.1 Å². The molecule has 5 aromatic rings. The fraction of sp³-hybridized carbons (Fsp3) is 0.179. The number of ketones is 2. The van der Waals surface area contributed by atoms with Crippen LogP contribution in [-0.4, -0.2) is 37.7 Å². The first-order valence-electron chi connectivity index (χ1n) is 15.9. The van der Waals surface area contributed by atoms with Crippen LogP contribution in [0.3, 0.4) is 0 Å². The third kappa shape index (κ3) is 4.49. The predicted molar refractivity (Wildman–Crippen MR) is 192 cm³/mol. The van der Waals surface area contributed by atoms with E-state index in [4.69, 9.17) is 4.74 Å². The van der Waals surface area contributed by atoms with Crippen LogP contribution in [0.25, 0.3) is 11.3 Å². The number of para-hydroxylation sites is 1. The Balaban J connectivity index is 1.44. The molecule has 244 valence electrons. The molecule has 4 unspecified atom stereocenters. The Morgan fingerprint density at radius 3 is 2.18 bits per heavy atom. The van der Waals surface area contributed by atoms with Gasteiger partial charge in [0.2, 0.25) is 0 Å². The highest BCUT2D eigenvalue weighted by molar-refractivity contribution is 14.1. The maximum atomic E-state index is 15.1. The number of benzene rings is 4. The van der Waals surface area contributed by atoms with Crippen LogP contribution in [0, 0.1) is 9.49 Å². The lowest BCUT2D eigenvalue weighted by atomic mass is 9.47. The third-order valence-electron chi connectivity index (χ3n) is 10.3. The number of halogens is 1. The molecule has 0 bridgehead atoms. The summed E-state index contributed by atoms with van der Waals surface area (Å²) in [6.07, 6.45) is 3.51. The van der Waals surface area contributed by atoms with Gasteiger partial charge in [0.05, 0.1) is 34.4 Å². The highest BCUT2D eigenvalue weighted by atomic mass is 127. The Morgan fingerprint density at radius 2 is 1.51 bits per heavy atom. The van der Waals surface area contributed by atoms with Gasteiger partial charge in [-0.2, -0.15) is 0 Å². The van der Waals surface area contributed by atoms with Crippen LogP contribution >= 0.6 is 22.6 Å². The van der Waals surface area contributed by atoms with E-state index < -0.39 is 34.7 Å². The maximum absolute atomic E-state index is 15.1. The van der Waals surface area contributed by atoms with E-state index in [1.165, 1.54) is 22.5 Å². The van der Waals surface area contributed by atoms with E-state index in [9.17, 15) is 14.7 Å². The lowest BCUT2D eigenvalue weighted by Crippen LogP contribution is -2.58. The summed E-state index contributed by atoms with van der Waals surface area (Å²) < 4.78 is 10.1. The monoisotopic (exact) mass is 763 g/mol. The quantitative estimate of drug-likeness (QED) is 0.185. The summed E-state index contributed by atoms with van der Waals surface area (Å²) in [5, 5.41) is 10.9. The minimum Gasteiger partial charge on any atom is -0.504 e. The lowest BCUT2D eigenvalue weighted by molar-refractivity contribution is -0.133. The first kappa shape index (κ1) is 31.1. The number of fused-ring (bicyclic) bond motifs is 4. The number of phenolic OH excluding ortho intramolecular Hbond substituents is 1.